The number of hydrazine groups is 1. The number of aromatic amines is 1. The second-order valence-corrected chi connectivity index (χ2v) is 5.92. The van der Waals surface area contributed by atoms with Crippen molar-refractivity contribution in [3.8, 4) is 0 Å². The molecule has 1 aromatic heterocycles. The van der Waals surface area contributed by atoms with Gasteiger partial charge >= 0.3 is 0 Å². The van der Waals surface area contributed by atoms with Crippen LogP contribution in [0.4, 0.5) is 0 Å². The van der Waals surface area contributed by atoms with Gasteiger partial charge in [-0.1, -0.05) is 27.7 Å². The van der Waals surface area contributed by atoms with E-state index >= 15 is 0 Å². The molecule has 0 bridgehead atoms. The molecule has 9 heteroatoms. The molecule has 1 heterocycles. The minimum atomic E-state index is -0.419. The van der Waals surface area contributed by atoms with E-state index in [1.165, 1.54) is 12.3 Å². The highest BCUT2D eigenvalue weighted by Gasteiger charge is 2.08. The van der Waals surface area contributed by atoms with Crippen molar-refractivity contribution in [2.75, 3.05) is 5.75 Å². The SMILES string of the molecule is O=C(CSc1nccc(=O)[nH]1)NNC(=O)c1ccc(Br)cc1. The standard InChI is InChI=1S/C13H11BrN4O3S/c14-9-3-1-8(2-4-9)12(21)18-17-11(20)7-22-13-15-6-5-10(19)16-13/h1-6H,7H2,(H,17,20)(H,18,21)(H,15,16,19). The molecule has 2 amide bonds. The summed E-state index contributed by atoms with van der Waals surface area (Å²) in [7, 11) is 0. The molecule has 114 valence electrons. The Labute approximate surface area is 138 Å². The zero-order valence-corrected chi connectivity index (χ0v) is 13.5. The van der Waals surface area contributed by atoms with Crippen molar-refractivity contribution in [1.29, 1.82) is 0 Å². The minimum Gasteiger partial charge on any atom is -0.301 e. The number of H-pyrrole nitrogens is 1. The van der Waals surface area contributed by atoms with E-state index in [2.05, 4.69) is 36.7 Å². The molecule has 3 N–H and O–H groups in total. The minimum absolute atomic E-state index is 0.00751. The monoisotopic (exact) mass is 382 g/mol. The maximum Gasteiger partial charge on any atom is 0.269 e. The molecule has 0 unspecified atom stereocenters. The van der Waals surface area contributed by atoms with Crippen LogP contribution in [0.2, 0.25) is 0 Å². The maximum atomic E-state index is 11.8. The second kappa shape index (κ2) is 7.76. The van der Waals surface area contributed by atoms with Gasteiger partial charge in [-0.15, -0.1) is 0 Å². The molecule has 2 rings (SSSR count). The van der Waals surface area contributed by atoms with Gasteiger partial charge < -0.3 is 4.98 Å². The summed E-state index contributed by atoms with van der Waals surface area (Å²) in [6.07, 6.45) is 1.36. The average molecular weight is 383 g/mol. The zero-order chi connectivity index (χ0) is 15.9. The number of thioether (sulfide) groups is 1. The van der Waals surface area contributed by atoms with Gasteiger partial charge in [0.15, 0.2) is 5.16 Å². The zero-order valence-electron chi connectivity index (χ0n) is 11.1. The largest absolute Gasteiger partial charge is 0.301 e. The van der Waals surface area contributed by atoms with Crippen LogP contribution >= 0.6 is 27.7 Å². The lowest BCUT2D eigenvalue weighted by atomic mass is 10.2. The highest BCUT2D eigenvalue weighted by Crippen LogP contribution is 2.10. The maximum absolute atomic E-state index is 11.8. The number of carbonyl (C=O) groups excluding carboxylic acids is 2. The first-order valence-corrected chi connectivity index (χ1v) is 7.85. The summed E-state index contributed by atoms with van der Waals surface area (Å²) in [5.41, 5.74) is 4.73. The molecule has 0 saturated heterocycles. The van der Waals surface area contributed by atoms with Crippen molar-refractivity contribution in [1.82, 2.24) is 20.8 Å². The summed E-state index contributed by atoms with van der Waals surface area (Å²) in [6, 6.07) is 7.98. The van der Waals surface area contributed by atoms with Crippen molar-refractivity contribution in [3.63, 3.8) is 0 Å². The van der Waals surface area contributed by atoms with Crippen molar-refractivity contribution in [2.24, 2.45) is 0 Å². The third kappa shape index (κ3) is 5.01. The summed E-state index contributed by atoms with van der Waals surface area (Å²) < 4.78 is 0.855. The number of rotatable bonds is 4. The summed E-state index contributed by atoms with van der Waals surface area (Å²) >= 11 is 4.33. The van der Waals surface area contributed by atoms with Gasteiger partial charge in [-0.25, -0.2) is 4.98 Å². The molecule has 0 radical (unpaired) electrons. The van der Waals surface area contributed by atoms with Crippen molar-refractivity contribution in [3.05, 3.63) is 56.9 Å². The van der Waals surface area contributed by atoms with Gasteiger partial charge in [0, 0.05) is 22.3 Å². The first kappa shape index (κ1) is 16.2. The number of carbonyl (C=O) groups is 2. The number of amides is 2. The van der Waals surface area contributed by atoms with Crippen LogP contribution in [0.3, 0.4) is 0 Å². The third-order valence-electron chi connectivity index (χ3n) is 2.41. The van der Waals surface area contributed by atoms with E-state index in [-0.39, 0.29) is 11.3 Å². The Kier molecular flexibility index (Phi) is 5.73. The Bertz CT molecular complexity index is 733. The van der Waals surface area contributed by atoms with Gasteiger partial charge in [-0.3, -0.25) is 25.2 Å². The Hall–Kier alpha value is -2.13. The van der Waals surface area contributed by atoms with E-state index < -0.39 is 11.8 Å². The average Bonchev–Trinajstić information content (AvgIpc) is 2.51. The lowest BCUT2D eigenvalue weighted by molar-refractivity contribution is -0.119. The van der Waals surface area contributed by atoms with Crippen molar-refractivity contribution in [2.45, 2.75) is 5.16 Å². The number of hydrogen-bond acceptors (Lipinski definition) is 5. The third-order valence-corrected chi connectivity index (χ3v) is 3.83. The van der Waals surface area contributed by atoms with Gasteiger partial charge in [0.2, 0.25) is 5.91 Å². The highest BCUT2D eigenvalue weighted by atomic mass is 79.9. The predicted octanol–water partition coefficient (Wildman–Crippen LogP) is 1.09. The smallest absolute Gasteiger partial charge is 0.269 e. The van der Waals surface area contributed by atoms with Crippen molar-refractivity contribution < 1.29 is 9.59 Å². The van der Waals surface area contributed by atoms with Crippen molar-refractivity contribution >= 4 is 39.5 Å². The quantitative estimate of drug-likeness (QED) is 0.417. The van der Waals surface area contributed by atoms with Gasteiger partial charge in [-0.05, 0) is 24.3 Å². The van der Waals surface area contributed by atoms with Crippen LogP contribution in [-0.2, 0) is 4.79 Å². The highest BCUT2D eigenvalue weighted by molar-refractivity contribution is 9.10. The lowest BCUT2D eigenvalue weighted by Gasteiger charge is -2.07. The molecule has 7 nitrogen and oxygen atoms in total. The van der Waals surface area contributed by atoms with E-state index in [1.807, 2.05) is 0 Å². The molecule has 22 heavy (non-hydrogen) atoms. The van der Waals surface area contributed by atoms with E-state index in [0.717, 1.165) is 16.2 Å². The molecule has 0 saturated carbocycles. The number of aromatic nitrogens is 2. The molecule has 2 aromatic rings. The fourth-order valence-electron chi connectivity index (χ4n) is 1.40. The first-order valence-electron chi connectivity index (χ1n) is 6.07. The Morgan fingerprint density at radius 3 is 2.59 bits per heavy atom. The number of benzene rings is 1. The number of nitrogens with one attached hydrogen (secondary N) is 3. The topological polar surface area (TPSA) is 104 Å². The summed E-state index contributed by atoms with van der Waals surface area (Å²) in [5, 5.41) is 0.335. The summed E-state index contributed by atoms with van der Waals surface area (Å²) in [4.78, 5) is 40.8. The Morgan fingerprint density at radius 2 is 1.91 bits per heavy atom. The van der Waals surface area contributed by atoms with Crippen LogP contribution < -0.4 is 16.4 Å². The molecule has 0 aliphatic heterocycles. The van der Waals surface area contributed by atoms with Crippen LogP contribution in [0.15, 0.2) is 51.0 Å². The molecular formula is C13H11BrN4O3S. The van der Waals surface area contributed by atoms with E-state index in [1.54, 1.807) is 24.3 Å². The molecule has 0 atom stereocenters. The molecule has 0 spiro atoms. The summed E-state index contributed by atoms with van der Waals surface area (Å²) in [6.45, 7) is 0. The Morgan fingerprint density at radius 1 is 1.18 bits per heavy atom. The fourth-order valence-corrected chi connectivity index (χ4v) is 2.31. The number of halogens is 1. The van der Waals surface area contributed by atoms with Crippen LogP contribution in [0.1, 0.15) is 10.4 Å². The molecule has 1 aromatic carbocycles. The van der Waals surface area contributed by atoms with E-state index in [0.29, 0.717) is 10.7 Å². The van der Waals surface area contributed by atoms with Gasteiger partial charge in [0.05, 0.1) is 5.75 Å². The van der Waals surface area contributed by atoms with Gasteiger partial charge in [0.25, 0.3) is 11.5 Å². The van der Waals surface area contributed by atoms with Crippen LogP contribution in [-0.4, -0.2) is 27.5 Å². The van der Waals surface area contributed by atoms with Gasteiger partial charge in [0.1, 0.15) is 0 Å². The van der Waals surface area contributed by atoms with Gasteiger partial charge in [-0.2, -0.15) is 0 Å². The molecule has 0 fully saturated rings. The van der Waals surface area contributed by atoms with E-state index in [4.69, 9.17) is 0 Å². The first-order chi connectivity index (χ1) is 10.5. The molecular weight excluding hydrogens is 372 g/mol. The van der Waals surface area contributed by atoms with Crippen LogP contribution in [0, 0.1) is 0 Å². The molecule has 0 aliphatic rings. The normalized spacial score (nSPS) is 10.0. The predicted molar refractivity (Wildman–Crippen MR) is 85.3 cm³/mol. The van der Waals surface area contributed by atoms with Crippen LogP contribution in [0.25, 0.3) is 0 Å². The fraction of sp³-hybridized carbons (Fsp3) is 0.0769. The summed E-state index contributed by atoms with van der Waals surface area (Å²) in [5.74, 6) is -0.827. The molecule has 0 aliphatic carbocycles. The number of hydrogen-bond donors (Lipinski definition) is 3. The second-order valence-electron chi connectivity index (χ2n) is 4.04. The Balaban J connectivity index is 1.79. The lowest BCUT2D eigenvalue weighted by Crippen LogP contribution is -2.42. The van der Waals surface area contributed by atoms with Crippen LogP contribution in [0.5, 0.6) is 0 Å². The van der Waals surface area contributed by atoms with E-state index in [9.17, 15) is 14.4 Å². The number of nitrogens with zero attached hydrogens (tertiary/aromatic N) is 1.